The van der Waals surface area contributed by atoms with Crippen molar-refractivity contribution < 1.29 is 18.7 Å². The number of anilines is 1. The van der Waals surface area contributed by atoms with Crippen LogP contribution in [-0.2, 0) is 9.53 Å². The van der Waals surface area contributed by atoms with Crippen molar-refractivity contribution in [2.75, 3.05) is 11.9 Å². The summed E-state index contributed by atoms with van der Waals surface area (Å²) < 4.78 is 18.1. The number of carbonyl (C=O) groups excluding carboxylic acids is 2. The number of hydrogen-bond donors (Lipinski definition) is 2. The molecule has 0 atom stereocenters. The Labute approximate surface area is 140 Å². The maximum Gasteiger partial charge on any atom is 0.339 e. The normalized spacial score (nSPS) is 10.6. The minimum Gasteiger partial charge on any atom is -0.452 e. The summed E-state index contributed by atoms with van der Waals surface area (Å²) in [5, 5.41) is 2.95. The third-order valence-electron chi connectivity index (χ3n) is 3.22. The first-order valence-electron chi connectivity index (χ1n) is 6.89. The number of fused-ring (bicyclic) bond motifs is 1. The molecule has 8 heteroatoms. The van der Waals surface area contributed by atoms with Crippen LogP contribution in [0.3, 0.4) is 0 Å². The molecule has 2 heterocycles. The van der Waals surface area contributed by atoms with Gasteiger partial charge in [0.15, 0.2) is 6.61 Å². The van der Waals surface area contributed by atoms with Crippen molar-refractivity contribution in [1.82, 2.24) is 9.97 Å². The lowest BCUT2D eigenvalue weighted by atomic mass is 10.2. The fraction of sp³-hybridized carbons (Fsp3) is 0.0625. The first-order chi connectivity index (χ1) is 11.5. The number of amides is 1. The summed E-state index contributed by atoms with van der Waals surface area (Å²) in [6.45, 7) is -0.484. The lowest BCUT2D eigenvalue weighted by Gasteiger charge is -2.07. The highest BCUT2D eigenvalue weighted by Crippen LogP contribution is 2.19. The second-order valence-electron chi connectivity index (χ2n) is 4.85. The Kier molecular flexibility index (Phi) is 4.43. The van der Waals surface area contributed by atoms with E-state index in [1.165, 1.54) is 24.4 Å². The van der Waals surface area contributed by atoms with E-state index in [0.717, 1.165) is 6.07 Å². The molecule has 0 unspecified atom stereocenters. The lowest BCUT2D eigenvalue weighted by Crippen LogP contribution is -2.21. The van der Waals surface area contributed by atoms with Gasteiger partial charge in [0, 0.05) is 23.5 Å². The van der Waals surface area contributed by atoms with E-state index >= 15 is 0 Å². The molecular formula is C16H11ClFN3O3. The van der Waals surface area contributed by atoms with E-state index in [9.17, 15) is 14.0 Å². The molecule has 3 aromatic rings. The van der Waals surface area contributed by atoms with Crippen LogP contribution < -0.4 is 5.32 Å². The number of pyridine rings is 1. The number of nitrogens with zero attached hydrogens (tertiary/aromatic N) is 1. The van der Waals surface area contributed by atoms with E-state index in [-0.39, 0.29) is 5.02 Å². The first-order valence-corrected chi connectivity index (χ1v) is 7.26. The van der Waals surface area contributed by atoms with E-state index < -0.39 is 24.3 Å². The van der Waals surface area contributed by atoms with Gasteiger partial charge in [-0.3, -0.25) is 4.79 Å². The molecular weight excluding hydrogens is 337 g/mol. The minimum absolute atomic E-state index is 0.114. The molecule has 0 radical (unpaired) electrons. The van der Waals surface area contributed by atoms with Gasteiger partial charge in [-0.05, 0) is 30.3 Å². The number of nitrogens with one attached hydrogen (secondary N) is 2. The number of H-pyrrole nitrogens is 1. The number of hydrogen-bond acceptors (Lipinski definition) is 4. The first kappa shape index (κ1) is 15.9. The summed E-state index contributed by atoms with van der Waals surface area (Å²) in [7, 11) is 0. The van der Waals surface area contributed by atoms with Gasteiger partial charge in [-0.25, -0.2) is 14.2 Å². The molecule has 0 aliphatic rings. The van der Waals surface area contributed by atoms with Crippen molar-refractivity contribution in [3.8, 4) is 0 Å². The predicted octanol–water partition coefficient (Wildman–Crippen LogP) is 3.15. The number of esters is 1. The molecule has 122 valence electrons. The molecule has 0 saturated heterocycles. The molecule has 0 spiro atoms. The fourth-order valence-electron chi connectivity index (χ4n) is 2.12. The summed E-state index contributed by atoms with van der Waals surface area (Å²) in [6, 6.07) is 6.95. The highest BCUT2D eigenvalue weighted by molar-refractivity contribution is 6.31. The van der Waals surface area contributed by atoms with Gasteiger partial charge >= 0.3 is 5.97 Å². The average molecular weight is 348 g/mol. The zero-order chi connectivity index (χ0) is 17.1. The lowest BCUT2D eigenvalue weighted by molar-refractivity contribution is -0.119. The Balaban J connectivity index is 1.62. The van der Waals surface area contributed by atoms with E-state index in [1.54, 1.807) is 12.3 Å². The van der Waals surface area contributed by atoms with E-state index in [4.69, 9.17) is 16.3 Å². The summed E-state index contributed by atoms with van der Waals surface area (Å²) in [4.78, 5) is 30.9. The van der Waals surface area contributed by atoms with Gasteiger partial charge in [-0.1, -0.05) is 11.6 Å². The van der Waals surface area contributed by atoms with Gasteiger partial charge in [0.25, 0.3) is 5.91 Å². The summed E-state index contributed by atoms with van der Waals surface area (Å²) in [6.07, 6.45) is 3.12. The number of halogens is 2. The highest BCUT2D eigenvalue weighted by atomic mass is 35.5. The largest absolute Gasteiger partial charge is 0.452 e. The highest BCUT2D eigenvalue weighted by Gasteiger charge is 2.14. The number of carbonyl (C=O) groups is 2. The molecule has 24 heavy (non-hydrogen) atoms. The third kappa shape index (κ3) is 3.36. The zero-order valence-corrected chi connectivity index (χ0v) is 12.9. The SMILES string of the molecule is O=C(COC(=O)c1ccnc2[nH]ccc12)Nc1ccc(F)c(Cl)c1. The van der Waals surface area contributed by atoms with Crippen molar-refractivity contribution in [2.45, 2.75) is 0 Å². The Hall–Kier alpha value is -2.93. The van der Waals surface area contributed by atoms with Gasteiger partial charge in [0.05, 0.1) is 10.6 Å². The van der Waals surface area contributed by atoms with Crippen LogP contribution in [0.15, 0.2) is 42.7 Å². The number of benzene rings is 1. The molecule has 2 aromatic heterocycles. The van der Waals surface area contributed by atoms with E-state index in [0.29, 0.717) is 22.3 Å². The van der Waals surface area contributed by atoms with Crippen LogP contribution in [0.2, 0.25) is 5.02 Å². The van der Waals surface area contributed by atoms with Crippen LogP contribution >= 0.6 is 11.6 Å². The molecule has 2 N–H and O–H groups in total. The number of ether oxygens (including phenoxy) is 1. The maximum atomic E-state index is 13.1. The van der Waals surface area contributed by atoms with Crippen LogP contribution in [0, 0.1) is 5.82 Å². The van der Waals surface area contributed by atoms with Gasteiger partial charge in [-0.2, -0.15) is 0 Å². The number of aromatic amines is 1. The topological polar surface area (TPSA) is 84.1 Å². The van der Waals surface area contributed by atoms with Gasteiger partial charge in [0.2, 0.25) is 0 Å². The third-order valence-corrected chi connectivity index (χ3v) is 3.51. The quantitative estimate of drug-likeness (QED) is 0.710. The van der Waals surface area contributed by atoms with Gasteiger partial charge in [0.1, 0.15) is 11.5 Å². The Morgan fingerprint density at radius 1 is 1.29 bits per heavy atom. The Morgan fingerprint density at radius 2 is 2.12 bits per heavy atom. The van der Waals surface area contributed by atoms with Crippen LogP contribution in [-0.4, -0.2) is 28.5 Å². The second kappa shape index (κ2) is 6.67. The molecule has 0 fully saturated rings. The van der Waals surface area contributed by atoms with Crippen molar-refractivity contribution >= 4 is 40.2 Å². The number of rotatable bonds is 4. The molecule has 1 aromatic carbocycles. The van der Waals surface area contributed by atoms with Gasteiger partial charge < -0.3 is 15.0 Å². The van der Waals surface area contributed by atoms with Crippen molar-refractivity contribution in [3.63, 3.8) is 0 Å². The molecule has 0 aliphatic carbocycles. The summed E-state index contributed by atoms with van der Waals surface area (Å²) in [5.41, 5.74) is 1.16. The van der Waals surface area contributed by atoms with Crippen molar-refractivity contribution in [2.24, 2.45) is 0 Å². The smallest absolute Gasteiger partial charge is 0.339 e. The van der Waals surface area contributed by atoms with E-state index in [1.807, 2.05) is 0 Å². The van der Waals surface area contributed by atoms with Crippen molar-refractivity contribution in [1.29, 1.82) is 0 Å². The molecule has 6 nitrogen and oxygen atoms in total. The zero-order valence-electron chi connectivity index (χ0n) is 12.2. The van der Waals surface area contributed by atoms with Gasteiger partial charge in [-0.15, -0.1) is 0 Å². The Morgan fingerprint density at radius 3 is 2.92 bits per heavy atom. The minimum atomic E-state index is -0.644. The van der Waals surface area contributed by atoms with E-state index in [2.05, 4.69) is 15.3 Å². The predicted molar refractivity (Wildman–Crippen MR) is 86.4 cm³/mol. The fourth-order valence-corrected chi connectivity index (χ4v) is 2.30. The molecule has 0 aliphatic heterocycles. The number of aromatic nitrogens is 2. The monoisotopic (exact) mass is 347 g/mol. The van der Waals surface area contributed by atoms with Crippen LogP contribution in [0.4, 0.5) is 10.1 Å². The van der Waals surface area contributed by atoms with Crippen molar-refractivity contribution in [3.05, 3.63) is 59.1 Å². The average Bonchev–Trinajstić information content (AvgIpc) is 3.04. The second-order valence-corrected chi connectivity index (χ2v) is 5.26. The maximum absolute atomic E-state index is 13.1. The summed E-state index contributed by atoms with van der Waals surface area (Å²) >= 11 is 5.63. The molecule has 1 amide bonds. The summed E-state index contributed by atoms with van der Waals surface area (Å²) in [5.74, 6) is -1.80. The van der Waals surface area contributed by atoms with Crippen LogP contribution in [0.5, 0.6) is 0 Å². The molecule has 0 saturated carbocycles. The standard InChI is InChI=1S/C16H11ClFN3O3/c17-12-7-9(1-2-13(12)18)21-14(22)8-24-16(23)11-4-6-20-15-10(11)3-5-19-15/h1-7H,8H2,(H,19,20)(H,21,22). The van der Waals surface area contributed by atoms with Crippen LogP contribution in [0.1, 0.15) is 10.4 Å². The molecule has 3 rings (SSSR count). The van der Waals surface area contributed by atoms with Crippen LogP contribution in [0.25, 0.3) is 11.0 Å². The Bertz CT molecular complexity index is 926. The molecule has 0 bridgehead atoms.